The number of carbonyl (C=O) groups is 2. The number of ketones is 2. The fourth-order valence-corrected chi connectivity index (χ4v) is 2.16. The zero-order chi connectivity index (χ0) is 12.9. The molecule has 0 aliphatic heterocycles. The van der Waals surface area contributed by atoms with Gasteiger partial charge in [0.1, 0.15) is 11.6 Å². The summed E-state index contributed by atoms with van der Waals surface area (Å²) >= 11 is 0. The van der Waals surface area contributed by atoms with Crippen LogP contribution in [-0.4, -0.2) is 11.6 Å². The van der Waals surface area contributed by atoms with Crippen LogP contribution >= 0.6 is 0 Å². The summed E-state index contributed by atoms with van der Waals surface area (Å²) in [5.74, 6) is -2.92. The monoisotopic (exact) mass is 244 g/mol. The van der Waals surface area contributed by atoms with E-state index in [0.29, 0.717) is 0 Å². The molecule has 0 radical (unpaired) electrons. The standard InChI is InChI=1S/C14H6F2O2/c15-9-5-1-3-7-11(9)14(18)12-8(13(7)17)4-2-6-10(12)16/h1-6H. The summed E-state index contributed by atoms with van der Waals surface area (Å²) in [7, 11) is 0. The molecule has 3 rings (SSSR count). The van der Waals surface area contributed by atoms with E-state index < -0.39 is 23.2 Å². The van der Waals surface area contributed by atoms with Gasteiger partial charge in [-0.2, -0.15) is 0 Å². The van der Waals surface area contributed by atoms with Gasteiger partial charge < -0.3 is 0 Å². The minimum atomic E-state index is -0.806. The molecule has 0 atom stereocenters. The van der Waals surface area contributed by atoms with Gasteiger partial charge in [-0.3, -0.25) is 9.59 Å². The van der Waals surface area contributed by atoms with Gasteiger partial charge in [-0.05, 0) is 12.1 Å². The predicted molar refractivity (Wildman–Crippen MR) is 59.7 cm³/mol. The lowest BCUT2D eigenvalue weighted by atomic mass is 9.83. The van der Waals surface area contributed by atoms with E-state index in [2.05, 4.69) is 0 Å². The highest BCUT2D eigenvalue weighted by Gasteiger charge is 2.33. The second kappa shape index (κ2) is 3.57. The molecular weight excluding hydrogens is 238 g/mol. The third kappa shape index (κ3) is 1.26. The van der Waals surface area contributed by atoms with E-state index in [4.69, 9.17) is 0 Å². The normalized spacial score (nSPS) is 13.2. The molecule has 0 saturated heterocycles. The van der Waals surface area contributed by atoms with Gasteiger partial charge in [0.2, 0.25) is 0 Å². The molecule has 2 nitrogen and oxygen atoms in total. The fraction of sp³-hybridized carbons (Fsp3) is 0. The van der Waals surface area contributed by atoms with Gasteiger partial charge in [0.25, 0.3) is 0 Å². The van der Waals surface area contributed by atoms with Crippen molar-refractivity contribution in [2.45, 2.75) is 0 Å². The Kier molecular flexibility index (Phi) is 2.13. The van der Waals surface area contributed by atoms with Gasteiger partial charge >= 0.3 is 0 Å². The summed E-state index contributed by atoms with van der Waals surface area (Å²) in [4.78, 5) is 24.1. The number of hydrogen-bond acceptors (Lipinski definition) is 2. The van der Waals surface area contributed by atoms with E-state index in [-0.39, 0.29) is 22.3 Å². The van der Waals surface area contributed by atoms with Crippen molar-refractivity contribution in [3.63, 3.8) is 0 Å². The fourth-order valence-electron chi connectivity index (χ4n) is 2.16. The highest BCUT2D eigenvalue weighted by Crippen LogP contribution is 2.30. The van der Waals surface area contributed by atoms with E-state index >= 15 is 0 Å². The SMILES string of the molecule is O=C1c2cccc(F)c2C(=O)c2c(F)cccc21. The van der Waals surface area contributed by atoms with Crippen molar-refractivity contribution in [1.82, 2.24) is 0 Å². The number of fused-ring (bicyclic) bond motifs is 2. The minimum Gasteiger partial charge on any atom is -0.289 e. The maximum Gasteiger partial charge on any atom is 0.200 e. The molecule has 4 heteroatoms. The molecule has 0 aromatic heterocycles. The summed E-state index contributed by atoms with van der Waals surface area (Å²) in [5, 5.41) is 0. The van der Waals surface area contributed by atoms with Crippen LogP contribution in [0.25, 0.3) is 0 Å². The second-order valence-electron chi connectivity index (χ2n) is 3.98. The Morgan fingerprint density at radius 2 is 1.11 bits per heavy atom. The quantitative estimate of drug-likeness (QED) is 0.609. The Bertz CT molecular complexity index is 647. The van der Waals surface area contributed by atoms with Crippen LogP contribution in [0, 0.1) is 11.6 Å². The highest BCUT2D eigenvalue weighted by atomic mass is 19.1. The van der Waals surface area contributed by atoms with Crippen molar-refractivity contribution in [2.75, 3.05) is 0 Å². The largest absolute Gasteiger partial charge is 0.289 e. The first-order valence-corrected chi connectivity index (χ1v) is 5.27. The zero-order valence-corrected chi connectivity index (χ0v) is 9.04. The molecule has 0 fully saturated rings. The lowest BCUT2D eigenvalue weighted by Gasteiger charge is -2.17. The van der Waals surface area contributed by atoms with E-state index in [1.807, 2.05) is 0 Å². The average Bonchev–Trinajstić information content (AvgIpc) is 2.35. The zero-order valence-electron chi connectivity index (χ0n) is 9.04. The molecule has 1 aliphatic rings. The lowest BCUT2D eigenvalue weighted by Crippen LogP contribution is -2.23. The molecule has 0 bridgehead atoms. The maximum atomic E-state index is 13.6. The Morgan fingerprint density at radius 3 is 1.56 bits per heavy atom. The highest BCUT2D eigenvalue weighted by molar-refractivity contribution is 6.28. The third-order valence-corrected chi connectivity index (χ3v) is 2.97. The topological polar surface area (TPSA) is 34.1 Å². The van der Waals surface area contributed by atoms with Crippen LogP contribution in [0.5, 0.6) is 0 Å². The molecule has 0 saturated carbocycles. The van der Waals surface area contributed by atoms with Crippen LogP contribution in [0.1, 0.15) is 31.8 Å². The predicted octanol–water partition coefficient (Wildman–Crippen LogP) is 2.74. The molecular formula is C14H6F2O2. The first-order valence-electron chi connectivity index (χ1n) is 5.27. The molecule has 88 valence electrons. The van der Waals surface area contributed by atoms with Crippen LogP contribution in [0.15, 0.2) is 36.4 Å². The summed E-state index contributed by atoms with van der Waals surface area (Å²) in [6.07, 6.45) is 0. The second-order valence-corrected chi connectivity index (χ2v) is 3.98. The van der Waals surface area contributed by atoms with Gasteiger partial charge in [0.15, 0.2) is 11.6 Å². The van der Waals surface area contributed by atoms with E-state index in [0.717, 1.165) is 12.1 Å². The minimum absolute atomic E-state index is 0.0156. The van der Waals surface area contributed by atoms with Crippen LogP contribution in [0.2, 0.25) is 0 Å². The Balaban J connectivity index is 2.40. The summed E-state index contributed by atoms with van der Waals surface area (Å²) < 4.78 is 27.3. The molecule has 0 N–H and O–H groups in total. The molecule has 2 aromatic carbocycles. The van der Waals surface area contributed by atoms with Gasteiger partial charge in [-0.15, -0.1) is 0 Å². The first kappa shape index (κ1) is 10.8. The van der Waals surface area contributed by atoms with Crippen molar-refractivity contribution in [3.8, 4) is 0 Å². The molecule has 1 aliphatic carbocycles. The average molecular weight is 244 g/mol. The Labute approximate surface area is 101 Å². The first-order chi connectivity index (χ1) is 8.61. The van der Waals surface area contributed by atoms with Crippen LogP contribution < -0.4 is 0 Å². The molecule has 18 heavy (non-hydrogen) atoms. The summed E-state index contributed by atoms with van der Waals surface area (Å²) in [6.45, 7) is 0. The Hall–Kier alpha value is -2.36. The van der Waals surface area contributed by atoms with Gasteiger partial charge in [0.05, 0.1) is 11.1 Å². The van der Waals surface area contributed by atoms with Crippen molar-refractivity contribution in [3.05, 3.63) is 70.3 Å². The Morgan fingerprint density at radius 1 is 0.667 bits per heavy atom. The van der Waals surface area contributed by atoms with E-state index in [1.54, 1.807) is 0 Å². The van der Waals surface area contributed by atoms with Gasteiger partial charge in [-0.25, -0.2) is 8.78 Å². The van der Waals surface area contributed by atoms with Crippen molar-refractivity contribution < 1.29 is 18.4 Å². The van der Waals surface area contributed by atoms with Crippen LogP contribution in [-0.2, 0) is 0 Å². The smallest absolute Gasteiger partial charge is 0.200 e. The van der Waals surface area contributed by atoms with Crippen molar-refractivity contribution >= 4 is 11.6 Å². The molecule has 0 amide bonds. The number of halogens is 2. The lowest BCUT2D eigenvalue weighted by molar-refractivity contribution is 0.0972. The summed E-state index contributed by atoms with van der Waals surface area (Å²) in [6, 6.07) is 7.60. The number of carbonyl (C=O) groups excluding carboxylic acids is 2. The van der Waals surface area contributed by atoms with E-state index in [9.17, 15) is 18.4 Å². The number of benzene rings is 2. The van der Waals surface area contributed by atoms with Gasteiger partial charge in [-0.1, -0.05) is 24.3 Å². The van der Waals surface area contributed by atoms with Crippen molar-refractivity contribution in [2.24, 2.45) is 0 Å². The summed E-state index contributed by atoms with van der Waals surface area (Å²) in [5.41, 5.74) is -0.726. The van der Waals surface area contributed by atoms with Gasteiger partial charge in [0, 0.05) is 11.1 Å². The maximum absolute atomic E-state index is 13.6. The van der Waals surface area contributed by atoms with Crippen molar-refractivity contribution in [1.29, 1.82) is 0 Å². The molecule has 0 spiro atoms. The third-order valence-electron chi connectivity index (χ3n) is 2.97. The molecule has 0 unspecified atom stereocenters. The van der Waals surface area contributed by atoms with E-state index in [1.165, 1.54) is 24.3 Å². The van der Waals surface area contributed by atoms with Crippen LogP contribution in [0.4, 0.5) is 8.78 Å². The molecule has 2 aromatic rings. The molecule has 0 heterocycles. The van der Waals surface area contributed by atoms with Crippen LogP contribution in [0.3, 0.4) is 0 Å². The number of rotatable bonds is 0. The number of hydrogen-bond donors (Lipinski definition) is 0.